The first kappa shape index (κ1) is 45.8. The summed E-state index contributed by atoms with van der Waals surface area (Å²) in [7, 11) is 2.12. The summed E-state index contributed by atoms with van der Waals surface area (Å²) < 4.78 is 2.25. The van der Waals surface area contributed by atoms with Crippen molar-refractivity contribution in [3.63, 3.8) is 0 Å². The van der Waals surface area contributed by atoms with Gasteiger partial charge in [0.15, 0.2) is 0 Å². The molecule has 9 aromatic carbocycles. The molecule has 0 bridgehead atoms. The minimum absolute atomic E-state index is 0.338. The van der Waals surface area contributed by atoms with Crippen molar-refractivity contribution in [3.8, 4) is 0 Å². The van der Waals surface area contributed by atoms with E-state index in [1.165, 1.54) is 21.8 Å². The monoisotopic (exact) mass is 947 g/mol. The smallest absolute Gasteiger partial charge is 0.0917 e. The number of hydrogen-bond acceptors (Lipinski definition) is 8. The summed E-state index contributed by atoms with van der Waals surface area (Å²) in [6, 6.07) is 85.5. The fraction of sp³-hybridized carbons (Fsp3) is 0.0625. The minimum Gasteiger partial charge on any atom is -0.344 e. The quantitative estimate of drug-likeness (QED) is 0.0672. The van der Waals surface area contributed by atoms with Crippen LogP contribution in [0.4, 0.5) is 34.1 Å². The van der Waals surface area contributed by atoms with Crippen molar-refractivity contribution in [2.45, 2.75) is 6.04 Å². The SMILES string of the molecule is Cn1c2ccccc2c2cc(/C=N\N(CC(CN(/N=C/c3ccc(N(c4ccccc4)c4ccccc4)cc3)c3ccccc3)N(/N=C/c3ccnc4ccccc34)c3ccccc3)c3ccccc3)ccc21. The number of pyridine rings is 1. The Balaban J connectivity index is 0.993. The molecule has 1 unspecified atom stereocenters. The van der Waals surface area contributed by atoms with Crippen molar-refractivity contribution in [1.29, 1.82) is 0 Å². The maximum atomic E-state index is 5.40. The average molecular weight is 948 g/mol. The number of para-hydroxylation sites is 7. The Hall–Kier alpha value is -9.60. The molecule has 0 fully saturated rings. The molecule has 0 radical (unpaired) electrons. The number of fused-ring (bicyclic) bond motifs is 4. The average Bonchev–Trinajstić information content (AvgIpc) is 3.74. The van der Waals surface area contributed by atoms with Crippen molar-refractivity contribution < 1.29 is 0 Å². The lowest BCUT2D eigenvalue weighted by Crippen LogP contribution is -2.47. The molecule has 73 heavy (non-hydrogen) atoms. The summed E-state index contributed by atoms with van der Waals surface area (Å²) in [6.45, 7) is 0.862. The summed E-state index contributed by atoms with van der Waals surface area (Å²) in [5.74, 6) is 0. The van der Waals surface area contributed by atoms with Crippen LogP contribution < -0.4 is 19.9 Å². The van der Waals surface area contributed by atoms with E-state index in [4.69, 9.17) is 15.3 Å². The fourth-order valence-electron chi connectivity index (χ4n) is 9.41. The number of benzene rings is 9. The fourth-order valence-corrected chi connectivity index (χ4v) is 9.41. The molecule has 0 amide bonds. The van der Waals surface area contributed by atoms with Crippen LogP contribution in [0.1, 0.15) is 16.7 Å². The third-order valence-corrected chi connectivity index (χ3v) is 13.1. The van der Waals surface area contributed by atoms with Gasteiger partial charge in [-0.15, -0.1) is 0 Å². The largest absolute Gasteiger partial charge is 0.344 e. The Morgan fingerprint density at radius 1 is 0.411 bits per heavy atom. The summed E-state index contributed by atoms with van der Waals surface area (Å²) in [5.41, 5.74) is 12.2. The van der Waals surface area contributed by atoms with Gasteiger partial charge in [-0.05, 0) is 114 Å². The Morgan fingerprint density at radius 2 is 0.877 bits per heavy atom. The molecule has 9 nitrogen and oxygen atoms in total. The molecule has 0 N–H and O–H groups in total. The van der Waals surface area contributed by atoms with Gasteiger partial charge in [0, 0.05) is 63.1 Å². The van der Waals surface area contributed by atoms with Crippen LogP contribution in [0, 0.1) is 0 Å². The third-order valence-electron chi connectivity index (χ3n) is 13.1. The Kier molecular flexibility index (Phi) is 13.5. The normalized spacial score (nSPS) is 12.1. The first-order valence-electron chi connectivity index (χ1n) is 24.6. The van der Waals surface area contributed by atoms with Gasteiger partial charge in [-0.1, -0.05) is 146 Å². The Morgan fingerprint density at radius 3 is 1.48 bits per heavy atom. The van der Waals surface area contributed by atoms with Crippen LogP contribution in [0.2, 0.25) is 0 Å². The lowest BCUT2D eigenvalue weighted by Gasteiger charge is -2.35. The molecule has 0 saturated heterocycles. The minimum atomic E-state index is -0.338. The van der Waals surface area contributed by atoms with Crippen molar-refractivity contribution in [1.82, 2.24) is 9.55 Å². The highest BCUT2D eigenvalue weighted by atomic mass is 15.5. The molecular formula is C64H53N9. The summed E-state index contributed by atoms with van der Waals surface area (Å²) in [4.78, 5) is 6.91. The number of aryl methyl sites for hydroxylation is 1. The zero-order chi connectivity index (χ0) is 49.2. The van der Waals surface area contributed by atoms with E-state index in [9.17, 15) is 0 Å². The number of nitrogens with zero attached hydrogens (tertiary/aromatic N) is 9. The standard InChI is InChI=1S/C64H53N9/c1-69-63-34-20-18-32-60(63)61-43-50(37-40-64(61)69)45-67-71(53-23-9-3-10-24-53)48-58(73(57-29-15-6-16-30-57)68-46-51-41-42-65-62-33-19-17-31-59(51)62)47-70(52-21-7-2-8-22-52)66-44-49-35-38-56(39-36-49)72(54-25-11-4-12-26-54)55-27-13-5-14-28-55/h2-46,58H,47-48H2,1H3/b66-44+,67-45-,68-46+. The first-order valence-corrected chi connectivity index (χ1v) is 24.6. The summed E-state index contributed by atoms with van der Waals surface area (Å²) in [6.07, 6.45) is 7.71. The lowest BCUT2D eigenvalue weighted by atomic mass is 10.1. The van der Waals surface area contributed by atoms with E-state index in [2.05, 4.69) is 231 Å². The van der Waals surface area contributed by atoms with Gasteiger partial charge in [0.2, 0.25) is 0 Å². The zero-order valence-corrected chi connectivity index (χ0v) is 40.5. The Labute approximate surface area is 426 Å². The predicted molar refractivity (Wildman–Crippen MR) is 306 cm³/mol. The molecule has 0 saturated carbocycles. The maximum Gasteiger partial charge on any atom is 0.0917 e. The molecule has 1 atom stereocenters. The van der Waals surface area contributed by atoms with Crippen molar-refractivity contribution in [2.24, 2.45) is 22.4 Å². The predicted octanol–water partition coefficient (Wildman–Crippen LogP) is 14.6. The van der Waals surface area contributed by atoms with Gasteiger partial charge >= 0.3 is 0 Å². The van der Waals surface area contributed by atoms with Crippen LogP contribution in [0.25, 0.3) is 32.7 Å². The third kappa shape index (κ3) is 10.3. The number of aromatic nitrogens is 2. The van der Waals surface area contributed by atoms with Gasteiger partial charge < -0.3 is 9.47 Å². The van der Waals surface area contributed by atoms with Gasteiger partial charge in [-0.3, -0.25) is 20.0 Å². The maximum absolute atomic E-state index is 5.40. The molecule has 11 aromatic rings. The number of hydrogen-bond donors (Lipinski definition) is 0. The van der Waals surface area contributed by atoms with Gasteiger partial charge in [0.05, 0.1) is 60.4 Å². The number of hydrazone groups is 3. The van der Waals surface area contributed by atoms with Crippen LogP contribution in [-0.4, -0.2) is 47.3 Å². The zero-order valence-electron chi connectivity index (χ0n) is 40.5. The second-order valence-electron chi connectivity index (χ2n) is 17.8. The number of rotatable bonds is 17. The van der Waals surface area contributed by atoms with Gasteiger partial charge in [-0.25, -0.2) is 0 Å². The Bertz CT molecular complexity index is 3610. The second kappa shape index (κ2) is 21.6. The molecule has 9 heteroatoms. The molecule has 0 spiro atoms. The molecule has 0 aliphatic carbocycles. The van der Waals surface area contributed by atoms with E-state index in [1.54, 1.807) is 0 Å². The van der Waals surface area contributed by atoms with Crippen LogP contribution in [0.5, 0.6) is 0 Å². The van der Waals surface area contributed by atoms with Gasteiger partial charge in [0.1, 0.15) is 0 Å². The molecule has 0 aliphatic rings. The lowest BCUT2D eigenvalue weighted by molar-refractivity contribution is 0.576. The van der Waals surface area contributed by atoms with Gasteiger partial charge in [0.25, 0.3) is 0 Å². The first-order chi connectivity index (χ1) is 36.1. The van der Waals surface area contributed by atoms with Crippen molar-refractivity contribution in [2.75, 3.05) is 33.0 Å². The summed E-state index contributed by atoms with van der Waals surface area (Å²) >= 11 is 0. The highest BCUT2D eigenvalue weighted by molar-refractivity contribution is 6.09. The van der Waals surface area contributed by atoms with E-state index in [-0.39, 0.29) is 6.04 Å². The molecule has 2 heterocycles. The van der Waals surface area contributed by atoms with Crippen molar-refractivity contribution in [3.05, 3.63) is 272 Å². The highest BCUT2D eigenvalue weighted by Crippen LogP contribution is 2.35. The molecule has 11 rings (SSSR count). The van der Waals surface area contributed by atoms with E-state index < -0.39 is 0 Å². The molecule has 0 aliphatic heterocycles. The van der Waals surface area contributed by atoms with Gasteiger partial charge in [-0.2, -0.15) is 15.3 Å². The van der Waals surface area contributed by atoms with Crippen LogP contribution in [-0.2, 0) is 7.05 Å². The van der Waals surface area contributed by atoms with Crippen LogP contribution >= 0.6 is 0 Å². The van der Waals surface area contributed by atoms with E-state index in [1.807, 2.05) is 79.4 Å². The van der Waals surface area contributed by atoms with E-state index >= 15 is 0 Å². The summed E-state index contributed by atoms with van der Waals surface area (Å²) in [5, 5.41) is 25.7. The van der Waals surface area contributed by atoms with Crippen molar-refractivity contribution >= 4 is 85.5 Å². The van der Waals surface area contributed by atoms with E-state index in [0.29, 0.717) is 13.1 Å². The van der Waals surface area contributed by atoms with E-state index in [0.717, 1.165) is 61.7 Å². The molecule has 354 valence electrons. The van der Waals surface area contributed by atoms with Crippen LogP contribution in [0.3, 0.4) is 0 Å². The second-order valence-corrected chi connectivity index (χ2v) is 17.8. The number of anilines is 6. The molecular weight excluding hydrogens is 895 g/mol. The van der Waals surface area contributed by atoms with Crippen LogP contribution in [0.15, 0.2) is 270 Å². The topological polar surface area (TPSA) is 67.9 Å². The molecule has 2 aromatic heterocycles. The highest BCUT2D eigenvalue weighted by Gasteiger charge is 2.26.